The van der Waals surface area contributed by atoms with E-state index in [0.717, 1.165) is 23.4 Å². The zero-order valence-corrected chi connectivity index (χ0v) is 21.0. The van der Waals surface area contributed by atoms with E-state index in [9.17, 15) is 13.6 Å². The van der Waals surface area contributed by atoms with Crippen molar-refractivity contribution in [3.8, 4) is 5.75 Å². The molecule has 0 bridgehead atoms. The molecule has 9 heteroatoms. The van der Waals surface area contributed by atoms with Gasteiger partial charge in [0.2, 0.25) is 5.91 Å². The van der Waals surface area contributed by atoms with Gasteiger partial charge in [0.25, 0.3) is 0 Å². The number of hydrogen-bond acceptors (Lipinski definition) is 5. The highest BCUT2D eigenvalue weighted by Gasteiger charge is 2.25. The first-order valence-electron chi connectivity index (χ1n) is 11.2. The van der Waals surface area contributed by atoms with E-state index < -0.39 is 22.8 Å². The summed E-state index contributed by atoms with van der Waals surface area (Å²) in [5.41, 5.74) is 1.04. The molecule has 0 aliphatic rings. The maximum absolute atomic E-state index is 13.9. The van der Waals surface area contributed by atoms with Gasteiger partial charge >= 0.3 is 0 Å². The third kappa shape index (κ3) is 5.94. The van der Waals surface area contributed by atoms with Gasteiger partial charge in [-0.1, -0.05) is 43.8 Å². The Balaban J connectivity index is 1.77. The van der Waals surface area contributed by atoms with Crippen molar-refractivity contribution < 1.29 is 18.3 Å². The number of rotatable bonds is 9. The standard InChI is InChI=1S/C25H30F2N4O2S/c1-14(2)19-9-7-8-10-22(19)33-16(5)23-29-30-25(31(23)15(3)4)34-17(6)24(32)28-21-12-11-18(26)13-20(21)27/h7-17H,1-6H3,(H,28,32). The van der Waals surface area contributed by atoms with E-state index in [1.807, 2.05) is 49.6 Å². The maximum Gasteiger partial charge on any atom is 0.237 e. The van der Waals surface area contributed by atoms with E-state index in [1.165, 1.54) is 17.8 Å². The van der Waals surface area contributed by atoms with E-state index >= 15 is 0 Å². The Hall–Kier alpha value is -2.94. The molecule has 6 nitrogen and oxygen atoms in total. The topological polar surface area (TPSA) is 69.0 Å². The number of benzene rings is 2. The Labute approximate surface area is 203 Å². The molecule has 3 rings (SSSR count). The summed E-state index contributed by atoms with van der Waals surface area (Å²) >= 11 is 1.21. The molecule has 0 spiro atoms. The number of aromatic nitrogens is 3. The van der Waals surface area contributed by atoms with E-state index in [2.05, 4.69) is 29.4 Å². The van der Waals surface area contributed by atoms with E-state index in [0.29, 0.717) is 16.9 Å². The summed E-state index contributed by atoms with van der Waals surface area (Å²) in [4.78, 5) is 12.6. The van der Waals surface area contributed by atoms with Crippen LogP contribution in [0.5, 0.6) is 5.75 Å². The van der Waals surface area contributed by atoms with Crippen molar-refractivity contribution in [2.45, 2.75) is 70.0 Å². The highest BCUT2D eigenvalue weighted by atomic mass is 32.2. The smallest absolute Gasteiger partial charge is 0.237 e. The lowest BCUT2D eigenvalue weighted by atomic mass is 10.0. The molecule has 0 aliphatic carbocycles. The molecular weight excluding hydrogens is 458 g/mol. The minimum absolute atomic E-state index is 0.0173. The fourth-order valence-corrected chi connectivity index (χ4v) is 4.46. The van der Waals surface area contributed by atoms with Crippen molar-refractivity contribution in [3.05, 3.63) is 65.5 Å². The molecule has 0 fully saturated rings. The second-order valence-electron chi connectivity index (χ2n) is 8.63. The number of anilines is 1. The van der Waals surface area contributed by atoms with Gasteiger partial charge in [-0.05, 0) is 57.4 Å². The van der Waals surface area contributed by atoms with Crippen LogP contribution in [0.2, 0.25) is 0 Å². The molecular formula is C25H30F2N4O2S. The summed E-state index contributed by atoms with van der Waals surface area (Å²) in [6.45, 7) is 11.8. The normalized spacial score (nSPS) is 13.2. The van der Waals surface area contributed by atoms with Crippen LogP contribution in [0.15, 0.2) is 47.6 Å². The molecule has 3 aromatic rings. The average molecular weight is 489 g/mol. The van der Waals surface area contributed by atoms with E-state index in [4.69, 9.17) is 4.74 Å². The number of para-hydroxylation sites is 1. The van der Waals surface area contributed by atoms with Crippen molar-refractivity contribution in [2.75, 3.05) is 5.32 Å². The highest BCUT2D eigenvalue weighted by molar-refractivity contribution is 8.00. The number of hydrogen-bond donors (Lipinski definition) is 1. The van der Waals surface area contributed by atoms with E-state index in [1.54, 1.807) is 6.92 Å². The highest BCUT2D eigenvalue weighted by Crippen LogP contribution is 2.33. The van der Waals surface area contributed by atoms with Gasteiger partial charge in [-0.25, -0.2) is 8.78 Å². The Morgan fingerprint density at radius 3 is 2.38 bits per heavy atom. The van der Waals surface area contributed by atoms with Gasteiger partial charge in [-0.15, -0.1) is 10.2 Å². The Morgan fingerprint density at radius 2 is 1.74 bits per heavy atom. The number of carbonyl (C=O) groups excluding carboxylic acids is 1. The van der Waals surface area contributed by atoms with Crippen LogP contribution in [0.3, 0.4) is 0 Å². The number of halogens is 2. The quantitative estimate of drug-likeness (QED) is 0.347. The molecule has 0 saturated carbocycles. The molecule has 182 valence electrons. The third-order valence-electron chi connectivity index (χ3n) is 5.26. The van der Waals surface area contributed by atoms with Gasteiger partial charge in [0.15, 0.2) is 17.1 Å². The minimum atomic E-state index is -0.828. The zero-order valence-electron chi connectivity index (χ0n) is 20.2. The van der Waals surface area contributed by atoms with Crippen LogP contribution in [-0.4, -0.2) is 25.9 Å². The molecule has 0 aliphatic heterocycles. The van der Waals surface area contributed by atoms with Gasteiger partial charge in [0.05, 0.1) is 10.9 Å². The van der Waals surface area contributed by atoms with Crippen molar-refractivity contribution in [2.24, 2.45) is 0 Å². The van der Waals surface area contributed by atoms with Crippen molar-refractivity contribution in [3.63, 3.8) is 0 Å². The number of nitrogens with one attached hydrogen (secondary N) is 1. The second-order valence-corrected chi connectivity index (χ2v) is 9.94. The monoisotopic (exact) mass is 488 g/mol. The maximum atomic E-state index is 13.9. The summed E-state index contributed by atoms with van der Waals surface area (Å²) in [6, 6.07) is 11.0. The Bertz CT molecular complexity index is 1150. The zero-order chi connectivity index (χ0) is 25.0. The molecule has 1 N–H and O–H groups in total. The summed E-state index contributed by atoms with van der Waals surface area (Å²) < 4.78 is 35.3. The van der Waals surface area contributed by atoms with Crippen LogP contribution < -0.4 is 10.1 Å². The minimum Gasteiger partial charge on any atom is -0.482 e. The number of nitrogens with zero attached hydrogens (tertiary/aromatic N) is 3. The van der Waals surface area contributed by atoms with Crippen LogP contribution in [0.1, 0.15) is 71.0 Å². The molecule has 2 unspecified atom stereocenters. The second kappa shape index (κ2) is 11.0. The van der Waals surface area contributed by atoms with Crippen molar-refractivity contribution in [1.82, 2.24) is 14.8 Å². The molecule has 0 saturated heterocycles. The first-order chi connectivity index (χ1) is 16.1. The fourth-order valence-electron chi connectivity index (χ4n) is 3.48. The van der Waals surface area contributed by atoms with Crippen LogP contribution in [0, 0.1) is 11.6 Å². The molecule has 1 heterocycles. The SMILES string of the molecule is CC(Sc1nnc(C(C)Oc2ccccc2C(C)C)n1C(C)C)C(=O)Nc1ccc(F)cc1F. The van der Waals surface area contributed by atoms with Gasteiger partial charge < -0.3 is 14.6 Å². The Kier molecular flexibility index (Phi) is 8.30. The molecule has 2 aromatic carbocycles. The first kappa shape index (κ1) is 25.7. The van der Waals surface area contributed by atoms with Crippen LogP contribution >= 0.6 is 11.8 Å². The van der Waals surface area contributed by atoms with Crippen LogP contribution in [0.25, 0.3) is 0 Å². The molecule has 2 atom stereocenters. The lowest BCUT2D eigenvalue weighted by Crippen LogP contribution is -2.24. The Morgan fingerprint density at radius 1 is 1.03 bits per heavy atom. The summed E-state index contributed by atoms with van der Waals surface area (Å²) in [5, 5.41) is 11.1. The van der Waals surface area contributed by atoms with Crippen LogP contribution in [0.4, 0.5) is 14.5 Å². The van der Waals surface area contributed by atoms with Crippen LogP contribution in [-0.2, 0) is 4.79 Å². The summed E-state index contributed by atoms with van der Waals surface area (Å²) in [7, 11) is 0. The number of thioether (sulfide) groups is 1. The van der Waals surface area contributed by atoms with Gasteiger partial charge in [-0.3, -0.25) is 4.79 Å². The van der Waals surface area contributed by atoms with Crippen molar-refractivity contribution in [1.29, 1.82) is 0 Å². The molecule has 1 amide bonds. The van der Waals surface area contributed by atoms with Gasteiger partial charge in [0.1, 0.15) is 17.4 Å². The summed E-state index contributed by atoms with van der Waals surface area (Å²) in [5.74, 6) is -0.207. The fraction of sp³-hybridized carbons (Fsp3) is 0.400. The lowest BCUT2D eigenvalue weighted by molar-refractivity contribution is -0.115. The predicted octanol–water partition coefficient (Wildman–Crippen LogP) is 6.52. The average Bonchev–Trinajstić information content (AvgIpc) is 3.19. The van der Waals surface area contributed by atoms with Gasteiger partial charge in [0, 0.05) is 12.1 Å². The molecule has 34 heavy (non-hydrogen) atoms. The van der Waals surface area contributed by atoms with Gasteiger partial charge in [-0.2, -0.15) is 0 Å². The van der Waals surface area contributed by atoms with E-state index in [-0.39, 0.29) is 17.8 Å². The van der Waals surface area contributed by atoms with Crippen molar-refractivity contribution >= 4 is 23.4 Å². The molecule has 0 radical (unpaired) electrons. The number of ether oxygens (including phenoxy) is 1. The lowest BCUT2D eigenvalue weighted by Gasteiger charge is -2.21. The summed E-state index contributed by atoms with van der Waals surface area (Å²) in [6.07, 6.45) is -0.374. The first-order valence-corrected chi connectivity index (χ1v) is 12.1. The molecule has 1 aromatic heterocycles. The number of carbonyl (C=O) groups is 1. The largest absolute Gasteiger partial charge is 0.482 e. The predicted molar refractivity (Wildman–Crippen MR) is 130 cm³/mol. The third-order valence-corrected chi connectivity index (χ3v) is 6.31. The number of amides is 1.